The fraction of sp³-hybridized carbons (Fsp3) is 0.562. The highest BCUT2D eigenvalue weighted by molar-refractivity contribution is 6.30. The van der Waals surface area contributed by atoms with Crippen LogP contribution in [0.2, 0.25) is 5.15 Å². The monoisotopic (exact) mass is 350 g/mol. The number of H-pyrrole nitrogens is 1. The molecule has 2 aromatic rings. The Kier molecular flexibility index (Phi) is 4.91. The van der Waals surface area contributed by atoms with Crippen LogP contribution in [0.1, 0.15) is 41.5 Å². The van der Waals surface area contributed by atoms with Crippen molar-refractivity contribution in [2.24, 2.45) is 7.05 Å². The lowest BCUT2D eigenvalue weighted by atomic mass is 9.97. The predicted octanol–water partition coefficient (Wildman–Crippen LogP) is 1.89. The number of hydrogen-bond acceptors (Lipinski definition) is 4. The summed E-state index contributed by atoms with van der Waals surface area (Å²) in [5.74, 6) is -0.0932. The molecular formula is C16H23ClN6O. The highest BCUT2D eigenvalue weighted by atomic mass is 35.5. The highest BCUT2D eigenvalue weighted by Gasteiger charge is 2.28. The summed E-state index contributed by atoms with van der Waals surface area (Å²) in [7, 11) is 1.86. The summed E-state index contributed by atoms with van der Waals surface area (Å²) in [6.45, 7) is 5.89. The summed E-state index contributed by atoms with van der Waals surface area (Å²) >= 11 is 6.34. The lowest BCUT2D eigenvalue weighted by molar-refractivity contribution is 0.0861. The van der Waals surface area contributed by atoms with Crippen molar-refractivity contribution in [1.29, 1.82) is 0 Å². The third kappa shape index (κ3) is 3.47. The van der Waals surface area contributed by atoms with Crippen molar-refractivity contribution in [2.45, 2.75) is 45.3 Å². The number of aromatic nitrogens is 4. The third-order valence-corrected chi connectivity index (χ3v) is 5.20. The van der Waals surface area contributed by atoms with Gasteiger partial charge in [0.25, 0.3) is 5.91 Å². The van der Waals surface area contributed by atoms with E-state index in [2.05, 4.69) is 32.4 Å². The maximum Gasteiger partial charge on any atom is 0.269 e. The Balaban J connectivity index is 1.58. The Labute approximate surface area is 146 Å². The van der Waals surface area contributed by atoms with Gasteiger partial charge in [-0.1, -0.05) is 11.6 Å². The molecule has 1 aliphatic rings. The fourth-order valence-corrected chi connectivity index (χ4v) is 3.52. The summed E-state index contributed by atoms with van der Waals surface area (Å²) in [6, 6.07) is 2.22. The molecule has 1 saturated heterocycles. The smallest absolute Gasteiger partial charge is 0.269 e. The van der Waals surface area contributed by atoms with Gasteiger partial charge in [0, 0.05) is 44.0 Å². The molecule has 1 fully saturated rings. The second kappa shape index (κ2) is 6.94. The van der Waals surface area contributed by atoms with Crippen LogP contribution in [0.25, 0.3) is 0 Å². The van der Waals surface area contributed by atoms with Gasteiger partial charge in [-0.3, -0.25) is 19.5 Å². The van der Waals surface area contributed by atoms with E-state index in [0.717, 1.165) is 37.2 Å². The predicted molar refractivity (Wildman–Crippen MR) is 91.9 cm³/mol. The number of carbonyl (C=O) groups is 1. The zero-order valence-corrected chi connectivity index (χ0v) is 15.0. The molecule has 7 nitrogen and oxygen atoms in total. The minimum Gasteiger partial charge on any atom is -0.348 e. The molecular weight excluding hydrogens is 328 g/mol. The van der Waals surface area contributed by atoms with Crippen molar-refractivity contribution in [3.63, 3.8) is 0 Å². The van der Waals surface area contributed by atoms with Crippen LogP contribution < -0.4 is 5.32 Å². The number of halogens is 1. The number of piperidine rings is 1. The number of hydrogen-bond donors (Lipinski definition) is 2. The van der Waals surface area contributed by atoms with Crippen LogP contribution in [0.5, 0.6) is 0 Å². The first-order chi connectivity index (χ1) is 11.5. The van der Waals surface area contributed by atoms with E-state index in [1.807, 2.05) is 14.0 Å². The van der Waals surface area contributed by atoms with Gasteiger partial charge >= 0.3 is 0 Å². The molecule has 2 unspecified atom stereocenters. The quantitative estimate of drug-likeness (QED) is 0.882. The zero-order chi connectivity index (χ0) is 17.3. The van der Waals surface area contributed by atoms with Crippen LogP contribution in [-0.2, 0) is 13.6 Å². The molecule has 130 valence electrons. The van der Waals surface area contributed by atoms with Crippen LogP contribution in [0.4, 0.5) is 0 Å². The normalized spacial score (nSPS) is 21.8. The number of likely N-dealkylation sites (tertiary alicyclic amines) is 1. The number of rotatable bonds is 4. The van der Waals surface area contributed by atoms with E-state index in [1.54, 1.807) is 16.9 Å². The van der Waals surface area contributed by atoms with E-state index in [-0.39, 0.29) is 11.9 Å². The number of nitrogens with zero attached hydrogens (tertiary/aromatic N) is 4. The summed E-state index contributed by atoms with van der Waals surface area (Å²) in [6.07, 6.45) is 3.41. The molecule has 0 aliphatic carbocycles. The Morgan fingerprint density at radius 3 is 2.92 bits per heavy atom. The van der Waals surface area contributed by atoms with Crippen LogP contribution in [0.3, 0.4) is 0 Å². The van der Waals surface area contributed by atoms with Crippen molar-refractivity contribution in [1.82, 2.24) is 30.2 Å². The maximum atomic E-state index is 12.1. The lowest BCUT2D eigenvalue weighted by Gasteiger charge is -2.37. The van der Waals surface area contributed by atoms with Gasteiger partial charge < -0.3 is 5.32 Å². The summed E-state index contributed by atoms with van der Waals surface area (Å²) < 4.78 is 1.72. The van der Waals surface area contributed by atoms with E-state index in [1.165, 1.54) is 0 Å². The van der Waals surface area contributed by atoms with E-state index in [9.17, 15) is 4.79 Å². The van der Waals surface area contributed by atoms with Gasteiger partial charge in [0.2, 0.25) is 0 Å². The maximum absolute atomic E-state index is 12.1. The molecule has 1 amide bonds. The van der Waals surface area contributed by atoms with E-state index < -0.39 is 0 Å². The molecule has 8 heteroatoms. The van der Waals surface area contributed by atoms with Gasteiger partial charge in [0.05, 0.1) is 5.69 Å². The van der Waals surface area contributed by atoms with Crippen molar-refractivity contribution in [3.05, 3.63) is 34.4 Å². The van der Waals surface area contributed by atoms with Crippen LogP contribution in [0.15, 0.2) is 12.3 Å². The number of amides is 1. The van der Waals surface area contributed by atoms with E-state index >= 15 is 0 Å². The second-order valence-electron chi connectivity index (χ2n) is 6.46. The van der Waals surface area contributed by atoms with Gasteiger partial charge in [0.1, 0.15) is 10.8 Å². The van der Waals surface area contributed by atoms with Crippen molar-refractivity contribution < 1.29 is 4.79 Å². The van der Waals surface area contributed by atoms with Crippen molar-refractivity contribution in [2.75, 3.05) is 6.54 Å². The molecule has 2 N–H and O–H groups in total. The van der Waals surface area contributed by atoms with Gasteiger partial charge in [-0.15, -0.1) is 0 Å². The molecule has 0 saturated carbocycles. The number of aryl methyl sites for hydroxylation is 2. The SMILES string of the molecule is Cc1nn(C)c(Cl)c1CN1CCC(NC(=O)c2ccn[nH]2)CC1C. The van der Waals surface area contributed by atoms with Gasteiger partial charge in [-0.25, -0.2) is 0 Å². The largest absolute Gasteiger partial charge is 0.348 e. The Hall–Kier alpha value is -1.86. The minimum absolute atomic E-state index is 0.0932. The van der Waals surface area contributed by atoms with Gasteiger partial charge in [-0.05, 0) is 32.8 Å². The van der Waals surface area contributed by atoms with Crippen molar-refractivity contribution >= 4 is 17.5 Å². The number of carbonyl (C=O) groups excluding carboxylic acids is 1. The van der Waals surface area contributed by atoms with Crippen molar-refractivity contribution in [3.8, 4) is 0 Å². The van der Waals surface area contributed by atoms with Crippen LogP contribution >= 0.6 is 11.6 Å². The lowest BCUT2D eigenvalue weighted by Crippen LogP contribution is -2.48. The van der Waals surface area contributed by atoms with Gasteiger partial charge in [0.15, 0.2) is 0 Å². The summed E-state index contributed by atoms with van der Waals surface area (Å²) in [5.41, 5.74) is 2.57. The Morgan fingerprint density at radius 2 is 2.33 bits per heavy atom. The molecule has 0 spiro atoms. The first-order valence-corrected chi connectivity index (χ1v) is 8.55. The Bertz CT molecular complexity index is 710. The number of nitrogens with one attached hydrogen (secondary N) is 2. The molecule has 0 radical (unpaired) electrons. The average molecular weight is 351 g/mol. The topological polar surface area (TPSA) is 78.8 Å². The van der Waals surface area contributed by atoms with E-state index in [0.29, 0.717) is 16.9 Å². The zero-order valence-electron chi connectivity index (χ0n) is 14.2. The fourth-order valence-electron chi connectivity index (χ4n) is 3.29. The standard InChI is InChI=1S/C16H23ClN6O/c1-10-8-12(19-16(24)14-4-6-18-20-14)5-7-23(10)9-13-11(2)21-22(3)15(13)17/h4,6,10,12H,5,7-9H2,1-3H3,(H,18,20)(H,19,24). The summed E-state index contributed by atoms with van der Waals surface area (Å²) in [4.78, 5) is 14.5. The molecule has 2 atom stereocenters. The molecule has 3 heterocycles. The summed E-state index contributed by atoms with van der Waals surface area (Å²) in [5, 5.41) is 14.7. The molecule has 0 bridgehead atoms. The average Bonchev–Trinajstić information content (AvgIpc) is 3.14. The first kappa shape index (κ1) is 17.0. The molecule has 24 heavy (non-hydrogen) atoms. The third-order valence-electron chi connectivity index (χ3n) is 4.73. The molecule has 3 rings (SSSR count). The molecule has 2 aromatic heterocycles. The Morgan fingerprint density at radius 1 is 1.54 bits per heavy atom. The minimum atomic E-state index is -0.0932. The molecule has 0 aromatic carbocycles. The van der Waals surface area contributed by atoms with Gasteiger partial charge in [-0.2, -0.15) is 10.2 Å². The second-order valence-corrected chi connectivity index (χ2v) is 6.82. The molecule has 1 aliphatic heterocycles. The highest BCUT2D eigenvalue weighted by Crippen LogP contribution is 2.25. The van der Waals surface area contributed by atoms with Crippen LogP contribution in [0, 0.1) is 6.92 Å². The first-order valence-electron chi connectivity index (χ1n) is 8.18. The van der Waals surface area contributed by atoms with E-state index in [4.69, 9.17) is 11.6 Å². The van der Waals surface area contributed by atoms with Crippen LogP contribution in [-0.4, -0.2) is 49.4 Å². The number of aromatic amines is 1.